The number of furan rings is 1. The Hall–Kier alpha value is -3.74. The Kier molecular flexibility index (Phi) is 5.66. The Morgan fingerprint density at radius 3 is 2.68 bits per heavy atom. The van der Waals surface area contributed by atoms with E-state index < -0.39 is 0 Å². The number of fused-ring (bicyclic) bond motifs is 1. The third kappa shape index (κ3) is 4.12. The van der Waals surface area contributed by atoms with E-state index in [4.69, 9.17) is 13.9 Å². The number of ether oxygens (including phenoxy) is 2. The fourth-order valence-electron chi connectivity index (χ4n) is 3.64. The lowest BCUT2D eigenvalue weighted by molar-refractivity contribution is -0.115. The third-order valence-corrected chi connectivity index (χ3v) is 5.41. The Bertz CT molecular complexity index is 1240. The van der Waals surface area contributed by atoms with E-state index in [1.807, 2.05) is 31.2 Å². The van der Waals surface area contributed by atoms with Gasteiger partial charge in [-0.05, 0) is 43.2 Å². The number of nitrogens with zero attached hydrogens (tertiary/aromatic N) is 2. The van der Waals surface area contributed by atoms with E-state index in [0.29, 0.717) is 23.9 Å². The summed E-state index contributed by atoms with van der Waals surface area (Å²) in [6.07, 6.45) is 3.52. The van der Waals surface area contributed by atoms with Gasteiger partial charge in [-0.1, -0.05) is 12.1 Å². The summed E-state index contributed by atoms with van der Waals surface area (Å²) in [6, 6.07) is 11.5. The number of aromatic nitrogens is 2. The lowest BCUT2D eigenvalue weighted by atomic mass is 10.0. The van der Waals surface area contributed by atoms with E-state index in [1.165, 1.54) is 5.56 Å². The lowest BCUT2D eigenvalue weighted by Crippen LogP contribution is -2.18. The Morgan fingerprint density at radius 2 is 1.90 bits per heavy atom. The number of hydrogen-bond acceptors (Lipinski definition) is 5. The minimum atomic E-state index is -0.139. The standard InChI is InChI=1S/C24H25N3O4/c1-15-10-19-18(14-31-21(19)11-16(15)2)12-23(28)26-22-8-9-25-27(22)13-17-6-5-7-20(29-3)24(17)30-4/h5-11,14H,12-13H2,1-4H3,(H,26,28). The summed E-state index contributed by atoms with van der Waals surface area (Å²) in [6.45, 7) is 4.52. The van der Waals surface area contributed by atoms with Gasteiger partial charge >= 0.3 is 0 Å². The molecule has 0 saturated heterocycles. The number of nitrogens with one attached hydrogen (secondary N) is 1. The van der Waals surface area contributed by atoms with Gasteiger partial charge in [0.1, 0.15) is 11.4 Å². The molecule has 1 N–H and O–H groups in total. The van der Waals surface area contributed by atoms with Gasteiger partial charge in [-0.25, -0.2) is 4.68 Å². The van der Waals surface area contributed by atoms with Crippen molar-refractivity contribution in [2.75, 3.05) is 19.5 Å². The quantitative estimate of drug-likeness (QED) is 0.477. The molecule has 7 heteroatoms. The van der Waals surface area contributed by atoms with Crippen molar-refractivity contribution in [2.45, 2.75) is 26.8 Å². The van der Waals surface area contributed by atoms with Crippen LogP contribution in [-0.2, 0) is 17.8 Å². The Balaban J connectivity index is 1.51. The van der Waals surface area contributed by atoms with E-state index in [2.05, 4.69) is 23.4 Å². The van der Waals surface area contributed by atoms with E-state index in [-0.39, 0.29) is 12.3 Å². The number of para-hydroxylation sites is 1. The van der Waals surface area contributed by atoms with Crippen molar-refractivity contribution in [1.82, 2.24) is 9.78 Å². The van der Waals surface area contributed by atoms with Crippen LogP contribution in [0.25, 0.3) is 11.0 Å². The van der Waals surface area contributed by atoms with Gasteiger partial charge in [0.05, 0.1) is 39.6 Å². The molecule has 160 valence electrons. The van der Waals surface area contributed by atoms with Crippen molar-refractivity contribution in [3.63, 3.8) is 0 Å². The number of aryl methyl sites for hydroxylation is 2. The fraction of sp³-hybridized carbons (Fsp3) is 0.250. The van der Waals surface area contributed by atoms with E-state index in [9.17, 15) is 4.79 Å². The molecule has 0 aliphatic rings. The molecule has 4 aromatic rings. The van der Waals surface area contributed by atoms with Crippen LogP contribution in [0, 0.1) is 13.8 Å². The highest BCUT2D eigenvalue weighted by Crippen LogP contribution is 2.31. The molecule has 0 spiro atoms. The van der Waals surface area contributed by atoms with Gasteiger partial charge in [0, 0.05) is 22.6 Å². The van der Waals surface area contributed by atoms with Gasteiger partial charge in [-0.3, -0.25) is 4.79 Å². The number of carbonyl (C=O) groups excluding carboxylic acids is 1. The SMILES string of the molecule is COc1cccc(Cn2nccc2NC(=O)Cc2coc3cc(C)c(C)cc23)c1OC. The minimum Gasteiger partial charge on any atom is -0.493 e. The van der Waals surface area contributed by atoms with Crippen LogP contribution >= 0.6 is 0 Å². The highest BCUT2D eigenvalue weighted by Gasteiger charge is 2.15. The summed E-state index contributed by atoms with van der Waals surface area (Å²) in [5.41, 5.74) is 4.88. The predicted molar refractivity (Wildman–Crippen MR) is 119 cm³/mol. The summed E-state index contributed by atoms with van der Waals surface area (Å²) in [7, 11) is 3.20. The minimum absolute atomic E-state index is 0.139. The van der Waals surface area contributed by atoms with Crippen LogP contribution in [0.3, 0.4) is 0 Å². The number of hydrogen-bond donors (Lipinski definition) is 1. The lowest BCUT2D eigenvalue weighted by Gasteiger charge is -2.14. The molecule has 2 aromatic carbocycles. The summed E-state index contributed by atoms with van der Waals surface area (Å²) < 4.78 is 18.2. The molecule has 0 aliphatic heterocycles. The van der Waals surface area contributed by atoms with E-state index >= 15 is 0 Å². The van der Waals surface area contributed by atoms with Crippen LogP contribution in [-0.4, -0.2) is 29.9 Å². The first-order valence-corrected chi connectivity index (χ1v) is 9.99. The molecule has 0 unspecified atom stereocenters. The Morgan fingerprint density at radius 1 is 1.10 bits per heavy atom. The molecule has 0 atom stereocenters. The number of anilines is 1. The average Bonchev–Trinajstić information content (AvgIpc) is 3.35. The van der Waals surface area contributed by atoms with Crippen LogP contribution in [0.1, 0.15) is 22.3 Å². The smallest absolute Gasteiger partial charge is 0.230 e. The van der Waals surface area contributed by atoms with Crippen LogP contribution in [0.15, 0.2) is 53.3 Å². The molecule has 2 heterocycles. The third-order valence-electron chi connectivity index (χ3n) is 5.41. The zero-order valence-electron chi connectivity index (χ0n) is 18.1. The predicted octanol–water partition coefficient (Wildman–Crippen LogP) is 4.49. The Labute approximate surface area is 180 Å². The fourth-order valence-corrected chi connectivity index (χ4v) is 3.64. The molecule has 0 aliphatic carbocycles. The van der Waals surface area contributed by atoms with Gasteiger partial charge < -0.3 is 19.2 Å². The highest BCUT2D eigenvalue weighted by atomic mass is 16.5. The van der Waals surface area contributed by atoms with Crippen molar-refractivity contribution >= 4 is 22.7 Å². The van der Waals surface area contributed by atoms with Crippen molar-refractivity contribution in [3.8, 4) is 11.5 Å². The second kappa shape index (κ2) is 8.55. The summed E-state index contributed by atoms with van der Waals surface area (Å²) in [4.78, 5) is 12.8. The largest absolute Gasteiger partial charge is 0.493 e. The zero-order chi connectivity index (χ0) is 22.0. The van der Waals surface area contributed by atoms with Crippen molar-refractivity contribution in [2.24, 2.45) is 0 Å². The van der Waals surface area contributed by atoms with Gasteiger partial charge in [0.15, 0.2) is 11.5 Å². The number of amides is 1. The maximum atomic E-state index is 12.8. The first-order chi connectivity index (χ1) is 15.0. The maximum Gasteiger partial charge on any atom is 0.230 e. The molecular formula is C24H25N3O4. The molecule has 1 amide bonds. The molecule has 4 rings (SSSR count). The van der Waals surface area contributed by atoms with Crippen molar-refractivity contribution in [3.05, 3.63) is 71.1 Å². The monoisotopic (exact) mass is 419 g/mol. The molecule has 2 aromatic heterocycles. The van der Waals surface area contributed by atoms with E-state index in [0.717, 1.165) is 27.7 Å². The normalized spacial score (nSPS) is 11.0. The van der Waals surface area contributed by atoms with Crippen LogP contribution < -0.4 is 14.8 Å². The number of rotatable bonds is 7. The zero-order valence-corrected chi connectivity index (χ0v) is 18.1. The molecular weight excluding hydrogens is 394 g/mol. The van der Waals surface area contributed by atoms with Gasteiger partial charge in [0.25, 0.3) is 0 Å². The first kappa shape index (κ1) is 20.5. The first-order valence-electron chi connectivity index (χ1n) is 9.99. The second-order valence-corrected chi connectivity index (χ2v) is 7.45. The average molecular weight is 419 g/mol. The maximum absolute atomic E-state index is 12.8. The van der Waals surface area contributed by atoms with Crippen LogP contribution in [0.2, 0.25) is 0 Å². The molecule has 7 nitrogen and oxygen atoms in total. The van der Waals surface area contributed by atoms with Gasteiger partial charge in [0.2, 0.25) is 5.91 Å². The summed E-state index contributed by atoms with van der Waals surface area (Å²) in [5, 5.41) is 8.27. The van der Waals surface area contributed by atoms with Crippen molar-refractivity contribution in [1.29, 1.82) is 0 Å². The number of benzene rings is 2. The second-order valence-electron chi connectivity index (χ2n) is 7.45. The number of methoxy groups -OCH3 is 2. The molecule has 0 saturated carbocycles. The molecule has 0 bridgehead atoms. The summed E-state index contributed by atoms with van der Waals surface area (Å²) >= 11 is 0. The van der Waals surface area contributed by atoms with Crippen LogP contribution in [0.5, 0.6) is 11.5 Å². The molecule has 0 fully saturated rings. The highest BCUT2D eigenvalue weighted by molar-refractivity contribution is 5.95. The topological polar surface area (TPSA) is 78.5 Å². The summed E-state index contributed by atoms with van der Waals surface area (Å²) in [5.74, 6) is 1.76. The molecule has 31 heavy (non-hydrogen) atoms. The van der Waals surface area contributed by atoms with Gasteiger partial charge in [-0.2, -0.15) is 5.10 Å². The van der Waals surface area contributed by atoms with Crippen LogP contribution in [0.4, 0.5) is 5.82 Å². The number of carbonyl (C=O) groups is 1. The molecule has 0 radical (unpaired) electrons. The van der Waals surface area contributed by atoms with Gasteiger partial charge in [-0.15, -0.1) is 0 Å². The van der Waals surface area contributed by atoms with Crippen molar-refractivity contribution < 1.29 is 18.7 Å². The van der Waals surface area contributed by atoms with E-state index in [1.54, 1.807) is 37.4 Å².